The Hall–Kier alpha value is -1.59. The quantitative estimate of drug-likeness (QED) is 0.773. The van der Waals surface area contributed by atoms with Crippen molar-refractivity contribution in [1.82, 2.24) is 4.98 Å². The summed E-state index contributed by atoms with van der Waals surface area (Å²) in [6, 6.07) is 6.05. The summed E-state index contributed by atoms with van der Waals surface area (Å²) >= 11 is 3.57. The molecule has 0 saturated heterocycles. The third-order valence-electron chi connectivity index (χ3n) is 3.62. The molecule has 0 spiro atoms. The predicted molar refractivity (Wildman–Crippen MR) is 93.1 cm³/mol. The highest BCUT2D eigenvalue weighted by atomic mass is 79.9. The number of nitrogens with one attached hydrogen (secondary N) is 1. The Morgan fingerprint density at radius 2 is 1.86 bits per heavy atom. The molecule has 1 N–H and O–H groups in total. The largest absolute Gasteiger partial charge is 0.467 e. The standard InChI is InChI=1S/C17H21BrN2O2/c1-10-6-7-15(22-9-21-5)12(3)16(10)20-17-14(18)8-11(2)13(4)19-17/h6-8H,9H2,1-5H3,(H,19,20). The molecule has 0 saturated carbocycles. The molecule has 2 rings (SSSR count). The second kappa shape index (κ2) is 7.11. The zero-order valence-electron chi connectivity index (χ0n) is 13.6. The number of hydrogen-bond acceptors (Lipinski definition) is 4. The van der Waals surface area contributed by atoms with Crippen LogP contribution in [0.3, 0.4) is 0 Å². The van der Waals surface area contributed by atoms with Gasteiger partial charge in [-0.25, -0.2) is 4.98 Å². The van der Waals surface area contributed by atoms with E-state index in [1.807, 2.05) is 32.9 Å². The lowest BCUT2D eigenvalue weighted by Crippen LogP contribution is -2.05. The first-order valence-electron chi connectivity index (χ1n) is 7.06. The van der Waals surface area contributed by atoms with Crippen LogP contribution in [0.5, 0.6) is 5.75 Å². The Morgan fingerprint density at radius 1 is 1.14 bits per heavy atom. The Morgan fingerprint density at radius 3 is 2.55 bits per heavy atom. The van der Waals surface area contributed by atoms with E-state index in [9.17, 15) is 0 Å². The molecule has 118 valence electrons. The molecule has 0 bridgehead atoms. The van der Waals surface area contributed by atoms with Gasteiger partial charge in [0.15, 0.2) is 6.79 Å². The molecule has 0 atom stereocenters. The van der Waals surface area contributed by atoms with Crippen LogP contribution in [0.4, 0.5) is 11.5 Å². The molecular formula is C17H21BrN2O2. The molecule has 0 unspecified atom stereocenters. The van der Waals surface area contributed by atoms with E-state index in [0.717, 1.165) is 44.1 Å². The summed E-state index contributed by atoms with van der Waals surface area (Å²) in [6.07, 6.45) is 0. The number of methoxy groups -OCH3 is 1. The average Bonchev–Trinajstić information content (AvgIpc) is 2.47. The highest BCUT2D eigenvalue weighted by molar-refractivity contribution is 9.10. The van der Waals surface area contributed by atoms with E-state index in [2.05, 4.69) is 39.2 Å². The summed E-state index contributed by atoms with van der Waals surface area (Å²) in [6.45, 7) is 8.37. The van der Waals surface area contributed by atoms with Crippen LogP contribution in [0.25, 0.3) is 0 Å². The van der Waals surface area contributed by atoms with Crippen LogP contribution >= 0.6 is 15.9 Å². The van der Waals surface area contributed by atoms with E-state index in [4.69, 9.17) is 9.47 Å². The van der Waals surface area contributed by atoms with E-state index in [1.165, 1.54) is 0 Å². The molecule has 5 heteroatoms. The van der Waals surface area contributed by atoms with Crippen molar-refractivity contribution in [3.63, 3.8) is 0 Å². The first kappa shape index (κ1) is 16.8. The molecule has 0 fully saturated rings. The molecule has 22 heavy (non-hydrogen) atoms. The lowest BCUT2D eigenvalue weighted by molar-refractivity contribution is 0.0507. The van der Waals surface area contributed by atoms with Crippen LogP contribution in [0.2, 0.25) is 0 Å². The first-order chi connectivity index (χ1) is 10.4. The summed E-state index contributed by atoms with van der Waals surface area (Å²) in [5.74, 6) is 1.60. The minimum absolute atomic E-state index is 0.231. The minimum Gasteiger partial charge on any atom is -0.467 e. The van der Waals surface area contributed by atoms with E-state index in [1.54, 1.807) is 7.11 Å². The average molecular weight is 365 g/mol. The number of nitrogens with zero attached hydrogens (tertiary/aromatic N) is 1. The first-order valence-corrected chi connectivity index (χ1v) is 7.86. The Balaban J connectivity index is 2.39. The summed E-state index contributed by atoms with van der Waals surface area (Å²) in [5.41, 5.74) is 5.33. The maximum atomic E-state index is 5.60. The van der Waals surface area contributed by atoms with Crippen molar-refractivity contribution in [2.45, 2.75) is 27.7 Å². The van der Waals surface area contributed by atoms with Crippen molar-refractivity contribution in [3.05, 3.63) is 45.1 Å². The molecule has 1 heterocycles. The highest BCUT2D eigenvalue weighted by Gasteiger charge is 2.12. The van der Waals surface area contributed by atoms with Crippen molar-refractivity contribution < 1.29 is 9.47 Å². The van der Waals surface area contributed by atoms with Gasteiger partial charge in [0.25, 0.3) is 0 Å². The maximum absolute atomic E-state index is 5.60. The number of aryl methyl sites for hydroxylation is 3. The third-order valence-corrected chi connectivity index (χ3v) is 4.22. The molecule has 0 amide bonds. The van der Waals surface area contributed by atoms with E-state index < -0.39 is 0 Å². The molecule has 1 aromatic heterocycles. The van der Waals surface area contributed by atoms with Gasteiger partial charge in [0.2, 0.25) is 0 Å². The molecule has 0 aliphatic rings. The lowest BCUT2D eigenvalue weighted by atomic mass is 10.1. The molecule has 0 radical (unpaired) electrons. The van der Waals surface area contributed by atoms with Crippen molar-refractivity contribution in [2.24, 2.45) is 0 Å². The van der Waals surface area contributed by atoms with Gasteiger partial charge in [0.05, 0.1) is 4.47 Å². The van der Waals surface area contributed by atoms with Crippen LogP contribution in [0.1, 0.15) is 22.4 Å². The van der Waals surface area contributed by atoms with Gasteiger partial charge in [-0.1, -0.05) is 6.07 Å². The number of pyridine rings is 1. The van der Waals surface area contributed by atoms with Gasteiger partial charge in [-0.3, -0.25) is 0 Å². The molecular weight excluding hydrogens is 344 g/mol. The molecule has 1 aromatic carbocycles. The fraction of sp³-hybridized carbons (Fsp3) is 0.353. The second-order valence-corrected chi connectivity index (χ2v) is 6.13. The number of aromatic nitrogens is 1. The monoisotopic (exact) mass is 364 g/mol. The number of ether oxygens (including phenoxy) is 2. The normalized spacial score (nSPS) is 10.6. The lowest BCUT2D eigenvalue weighted by Gasteiger charge is -2.17. The van der Waals surface area contributed by atoms with Crippen LogP contribution in [-0.4, -0.2) is 18.9 Å². The third kappa shape index (κ3) is 3.59. The van der Waals surface area contributed by atoms with Gasteiger partial charge in [-0.15, -0.1) is 0 Å². The van der Waals surface area contributed by atoms with E-state index in [-0.39, 0.29) is 6.79 Å². The Labute approximate surface area is 140 Å². The van der Waals surface area contributed by atoms with Gasteiger partial charge in [0, 0.05) is 24.1 Å². The predicted octanol–water partition coefficient (Wildman–Crippen LogP) is 4.80. The van der Waals surface area contributed by atoms with E-state index in [0.29, 0.717) is 0 Å². The summed E-state index contributed by atoms with van der Waals surface area (Å²) < 4.78 is 11.5. The van der Waals surface area contributed by atoms with Crippen LogP contribution in [0, 0.1) is 27.7 Å². The highest BCUT2D eigenvalue weighted by Crippen LogP contribution is 2.33. The zero-order chi connectivity index (χ0) is 16.3. The summed E-state index contributed by atoms with van der Waals surface area (Å²) in [5, 5.41) is 3.41. The molecule has 0 aliphatic heterocycles. The Kier molecular flexibility index (Phi) is 5.42. The summed E-state index contributed by atoms with van der Waals surface area (Å²) in [4.78, 5) is 4.62. The van der Waals surface area contributed by atoms with Gasteiger partial charge >= 0.3 is 0 Å². The maximum Gasteiger partial charge on any atom is 0.188 e. The summed E-state index contributed by atoms with van der Waals surface area (Å²) in [7, 11) is 1.61. The minimum atomic E-state index is 0.231. The zero-order valence-corrected chi connectivity index (χ0v) is 15.2. The number of benzene rings is 1. The SMILES string of the molecule is COCOc1ccc(C)c(Nc2nc(C)c(C)cc2Br)c1C. The van der Waals surface area contributed by atoms with Gasteiger partial charge in [0.1, 0.15) is 11.6 Å². The van der Waals surface area contributed by atoms with Crippen molar-refractivity contribution in [1.29, 1.82) is 0 Å². The van der Waals surface area contributed by atoms with Gasteiger partial charge in [-0.05, 0) is 66.9 Å². The van der Waals surface area contributed by atoms with Crippen LogP contribution in [0.15, 0.2) is 22.7 Å². The van der Waals surface area contributed by atoms with E-state index >= 15 is 0 Å². The number of anilines is 2. The Bertz CT molecular complexity index is 687. The fourth-order valence-corrected chi connectivity index (χ4v) is 2.71. The van der Waals surface area contributed by atoms with Crippen molar-refractivity contribution in [2.75, 3.05) is 19.2 Å². The molecule has 4 nitrogen and oxygen atoms in total. The van der Waals surface area contributed by atoms with Gasteiger partial charge < -0.3 is 14.8 Å². The van der Waals surface area contributed by atoms with Crippen molar-refractivity contribution in [3.8, 4) is 5.75 Å². The number of hydrogen-bond donors (Lipinski definition) is 1. The smallest absolute Gasteiger partial charge is 0.188 e. The van der Waals surface area contributed by atoms with Crippen LogP contribution in [-0.2, 0) is 4.74 Å². The van der Waals surface area contributed by atoms with Gasteiger partial charge in [-0.2, -0.15) is 0 Å². The van der Waals surface area contributed by atoms with Crippen LogP contribution < -0.4 is 10.1 Å². The number of rotatable bonds is 5. The van der Waals surface area contributed by atoms with Crippen molar-refractivity contribution >= 4 is 27.4 Å². The number of halogens is 1. The topological polar surface area (TPSA) is 43.4 Å². The fourth-order valence-electron chi connectivity index (χ4n) is 2.18. The molecule has 2 aromatic rings. The second-order valence-electron chi connectivity index (χ2n) is 5.28. The molecule has 0 aliphatic carbocycles.